The van der Waals surface area contributed by atoms with Crippen LogP contribution in [0.3, 0.4) is 0 Å². The van der Waals surface area contributed by atoms with Crippen molar-refractivity contribution < 1.29 is 13.6 Å². The van der Waals surface area contributed by atoms with Crippen molar-refractivity contribution in [1.29, 1.82) is 0 Å². The van der Waals surface area contributed by atoms with E-state index in [4.69, 9.17) is 5.73 Å². The molecule has 1 atom stereocenters. The third-order valence-electron chi connectivity index (χ3n) is 5.15. The van der Waals surface area contributed by atoms with Crippen molar-refractivity contribution in [1.82, 2.24) is 14.9 Å². The zero-order valence-electron chi connectivity index (χ0n) is 15.7. The standard InChI is InChI=1S/C22H20F2N4O/c23-16-7-3-14(4-8-16)12-20(29)28-11-1-2-19(28)21-18(13-26-22(25)27-21)15-5-9-17(24)10-6-15/h3-10,13,19H,1-2,11-12H2,(H2,25,26,27). The van der Waals surface area contributed by atoms with E-state index in [9.17, 15) is 13.6 Å². The van der Waals surface area contributed by atoms with Crippen molar-refractivity contribution in [2.75, 3.05) is 12.3 Å². The second kappa shape index (κ2) is 7.95. The van der Waals surface area contributed by atoms with Gasteiger partial charge in [0, 0.05) is 18.3 Å². The fraction of sp³-hybridized carbons (Fsp3) is 0.227. The van der Waals surface area contributed by atoms with E-state index < -0.39 is 0 Å². The quantitative estimate of drug-likeness (QED) is 0.728. The van der Waals surface area contributed by atoms with E-state index in [1.807, 2.05) is 0 Å². The minimum absolute atomic E-state index is 0.0543. The number of nitrogen functional groups attached to an aromatic ring is 1. The minimum atomic E-state index is -0.333. The van der Waals surface area contributed by atoms with Gasteiger partial charge >= 0.3 is 0 Å². The number of carbonyl (C=O) groups is 1. The number of hydrogen-bond acceptors (Lipinski definition) is 4. The molecule has 1 amide bonds. The van der Waals surface area contributed by atoms with Crippen LogP contribution in [0, 0.1) is 11.6 Å². The molecule has 0 bridgehead atoms. The molecule has 3 aromatic rings. The molecule has 148 valence electrons. The van der Waals surface area contributed by atoms with Crippen molar-refractivity contribution in [3.05, 3.63) is 77.6 Å². The predicted octanol–water partition coefficient (Wildman–Crippen LogP) is 3.91. The molecule has 1 aliphatic rings. The van der Waals surface area contributed by atoms with Crippen LogP contribution in [0.1, 0.15) is 30.1 Å². The van der Waals surface area contributed by atoms with Gasteiger partial charge in [0.05, 0.1) is 18.2 Å². The molecule has 4 rings (SSSR count). The number of halogens is 2. The van der Waals surface area contributed by atoms with Gasteiger partial charge in [-0.05, 0) is 48.2 Å². The van der Waals surface area contributed by atoms with Crippen LogP contribution >= 0.6 is 0 Å². The Morgan fingerprint density at radius 3 is 2.41 bits per heavy atom. The molecule has 1 aliphatic heterocycles. The molecule has 1 saturated heterocycles. The van der Waals surface area contributed by atoms with Crippen molar-refractivity contribution in [2.24, 2.45) is 0 Å². The smallest absolute Gasteiger partial charge is 0.227 e. The number of nitrogens with two attached hydrogens (primary N) is 1. The summed E-state index contributed by atoms with van der Waals surface area (Å²) in [6.07, 6.45) is 3.39. The Morgan fingerprint density at radius 1 is 1.07 bits per heavy atom. The molecule has 2 heterocycles. The summed E-state index contributed by atoms with van der Waals surface area (Å²) in [5, 5.41) is 0. The first-order valence-corrected chi connectivity index (χ1v) is 9.43. The number of carbonyl (C=O) groups excluding carboxylic acids is 1. The van der Waals surface area contributed by atoms with Crippen molar-refractivity contribution in [3.8, 4) is 11.1 Å². The van der Waals surface area contributed by atoms with Gasteiger partial charge in [-0.2, -0.15) is 0 Å². The summed E-state index contributed by atoms with van der Waals surface area (Å²) < 4.78 is 26.5. The van der Waals surface area contributed by atoms with Gasteiger partial charge in [0.15, 0.2) is 0 Å². The number of nitrogens with zero attached hydrogens (tertiary/aromatic N) is 3. The average Bonchev–Trinajstić information content (AvgIpc) is 3.20. The first-order chi connectivity index (χ1) is 14.0. The first kappa shape index (κ1) is 19.0. The lowest BCUT2D eigenvalue weighted by molar-refractivity contribution is -0.131. The van der Waals surface area contributed by atoms with E-state index in [1.165, 1.54) is 24.3 Å². The van der Waals surface area contributed by atoms with Crippen LogP contribution in [-0.4, -0.2) is 27.3 Å². The minimum Gasteiger partial charge on any atom is -0.368 e. The Bertz CT molecular complexity index is 1020. The van der Waals surface area contributed by atoms with Gasteiger partial charge in [-0.25, -0.2) is 18.7 Å². The van der Waals surface area contributed by atoms with Gasteiger partial charge in [0.1, 0.15) is 11.6 Å². The molecule has 0 aliphatic carbocycles. The molecular weight excluding hydrogens is 374 g/mol. The highest BCUT2D eigenvalue weighted by Crippen LogP contribution is 2.37. The van der Waals surface area contributed by atoms with E-state index in [2.05, 4.69) is 9.97 Å². The van der Waals surface area contributed by atoms with E-state index >= 15 is 0 Å². The summed E-state index contributed by atoms with van der Waals surface area (Å²) in [4.78, 5) is 23.3. The molecule has 0 spiro atoms. The molecule has 2 aromatic carbocycles. The molecule has 29 heavy (non-hydrogen) atoms. The second-order valence-corrected chi connectivity index (χ2v) is 7.08. The van der Waals surface area contributed by atoms with Crippen LogP contribution in [0.15, 0.2) is 54.7 Å². The zero-order chi connectivity index (χ0) is 20.4. The number of hydrogen-bond donors (Lipinski definition) is 1. The molecule has 1 aromatic heterocycles. The van der Waals surface area contributed by atoms with Crippen molar-refractivity contribution in [3.63, 3.8) is 0 Å². The third-order valence-corrected chi connectivity index (χ3v) is 5.15. The SMILES string of the molecule is Nc1ncc(-c2ccc(F)cc2)c(C2CCCN2C(=O)Cc2ccc(F)cc2)n1. The summed E-state index contributed by atoms with van der Waals surface area (Å²) in [5.74, 6) is -0.589. The summed E-state index contributed by atoms with van der Waals surface area (Å²) in [5.41, 5.74) is 8.74. The van der Waals surface area contributed by atoms with Gasteiger partial charge < -0.3 is 10.6 Å². The molecule has 0 saturated carbocycles. The number of aromatic nitrogens is 2. The Labute approximate surface area is 167 Å². The molecule has 2 N–H and O–H groups in total. The van der Waals surface area contributed by atoms with E-state index in [0.717, 1.165) is 29.5 Å². The van der Waals surface area contributed by atoms with Crippen LogP contribution < -0.4 is 5.73 Å². The highest BCUT2D eigenvalue weighted by Gasteiger charge is 2.33. The van der Waals surface area contributed by atoms with Gasteiger partial charge in [-0.15, -0.1) is 0 Å². The number of benzene rings is 2. The van der Waals surface area contributed by atoms with Crippen molar-refractivity contribution in [2.45, 2.75) is 25.3 Å². The van der Waals surface area contributed by atoms with Crippen LogP contribution in [0.25, 0.3) is 11.1 Å². The predicted molar refractivity (Wildman–Crippen MR) is 106 cm³/mol. The second-order valence-electron chi connectivity index (χ2n) is 7.08. The monoisotopic (exact) mass is 394 g/mol. The van der Waals surface area contributed by atoms with Crippen molar-refractivity contribution >= 4 is 11.9 Å². The summed E-state index contributed by atoms with van der Waals surface area (Å²) in [7, 11) is 0. The number of likely N-dealkylation sites (tertiary alicyclic amines) is 1. The summed E-state index contributed by atoms with van der Waals surface area (Å²) >= 11 is 0. The van der Waals surface area contributed by atoms with E-state index in [-0.39, 0.29) is 36.0 Å². The number of amides is 1. The van der Waals surface area contributed by atoms with Crippen LogP contribution in [0.4, 0.5) is 14.7 Å². The molecule has 7 heteroatoms. The fourth-order valence-electron chi connectivity index (χ4n) is 3.74. The maximum Gasteiger partial charge on any atom is 0.227 e. The van der Waals surface area contributed by atoms with Gasteiger partial charge in [-0.3, -0.25) is 4.79 Å². The first-order valence-electron chi connectivity index (χ1n) is 9.43. The zero-order valence-corrected chi connectivity index (χ0v) is 15.7. The Kier molecular flexibility index (Phi) is 5.20. The fourth-order valence-corrected chi connectivity index (χ4v) is 3.74. The normalized spacial score (nSPS) is 16.2. The Morgan fingerprint density at radius 2 is 1.72 bits per heavy atom. The number of anilines is 1. The highest BCUT2D eigenvalue weighted by molar-refractivity contribution is 5.80. The van der Waals surface area contributed by atoms with Crippen LogP contribution in [0.5, 0.6) is 0 Å². The van der Waals surface area contributed by atoms with Crippen LogP contribution in [-0.2, 0) is 11.2 Å². The highest BCUT2D eigenvalue weighted by atomic mass is 19.1. The van der Waals surface area contributed by atoms with E-state index in [1.54, 1.807) is 35.4 Å². The molecule has 5 nitrogen and oxygen atoms in total. The van der Waals surface area contributed by atoms with Gasteiger partial charge in [0.25, 0.3) is 0 Å². The maximum atomic E-state index is 13.3. The third kappa shape index (κ3) is 4.08. The lowest BCUT2D eigenvalue weighted by atomic mass is 9.99. The number of rotatable bonds is 4. The lowest BCUT2D eigenvalue weighted by Gasteiger charge is -2.26. The molecular formula is C22H20F2N4O. The Balaban J connectivity index is 1.64. The lowest BCUT2D eigenvalue weighted by Crippen LogP contribution is -2.32. The molecule has 1 unspecified atom stereocenters. The Hall–Kier alpha value is -3.35. The van der Waals surface area contributed by atoms with Crippen LogP contribution in [0.2, 0.25) is 0 Å². The topological polar surface area (TPSA) is 72.1 Å². The summed E-state index contributed by atoms with van der Waals surface area (Å²) in [6, 6.07) is 11.8. The van der Waals surface area contributed by atoms with Gasteiger partial charge in [-0.1, -0.05) is 24.3 Å². The van der Waals surface area contributed by atoms with Gasteiger partial charge in [0.2, 0.25) is 11.9 Å². The summed E-state index contributed by atoms with van der Waals surface area (Å²) in [6.45, 7) is 0.609. The maximum absolute atomic E-state index is 13.3. The van der Waals surface area contributed by atoms with E-state index in [0.29, 0.717) is 12.2 Å². The molecule has 0 radical (unpaired) electrons. The largest absolute Gasteiger partial charge is 0.368 e. The molecule has 1 fully saturated rings. The average molecular weight is 394 g/mol.